The summed E-state index contributed by atoms with van der Waals surface area (Å²) in [7, 11) is 0. The predicted octanol–water partition coefficient (Wildman–Crippen LogP) is 5.17. The van der Waals surface area contributed by atoms with Crippen molar-refractivity contribution >= 4 is 38.3 Å². The van der Waals surface area contributed by atoms with Gasteiger partial charge in [-0.3, -0.25) is 4.98 Å². The van der Waals surface area contributed by atoms with Gasteiger partial charge in [-0.15, -0.1) is 0 Å². The van der Waals surface area contributed by atoms with Crippen LogP contribution in [0.3, 0.4) is 0 Å². The van der Waals surface area contributed by atoms with Crippen molar-refractivity contribution in [2.24, 2.45) is 0 Å². The minimum absolute atomic E-state index is 0.544. The summed E-state index contributed by atoms with van der Waals surface area (Å²) in [5.74, 6) is 0. The van der Waals surface area contributed by atoms with Crippen molar-refractivity contribution in [1.29, 1.82) is 0 Å². The van der Waals surface area contributed by atoms with Crippen LogP contribution >= 0.6 is 22.9 Å². The molecule has 29 heavy (non-hydrogen) atoms. The summed E-state index contributed by atoms with van der Waals surface area (Å²) < 4.78 is 1.18. The zero-order valence-corrected chi connectivity index (χ0v) is 18.3. The molecule has 0 amide bonds. The van der Waals surface area contributed by atoms with E-state index in [1.54, 1.807) is 17.5 Å². The molecule has 0 bridgehead atoms. The van der Waals surface area contributed by atoms with Gasteiger partial charge in [-0.05, 0) is 63.4 Å². The van der Waals surface area contributed by atoms with Crippen LogP contribution in [0.15, 0.2) is 24.5 Å². The molecule has 2 fully saturated rings. The molecule has 0 unspecified atom stereocenters. The normalized spacial score (nSPS) is 19.2. The van der Waals surface area contributed by atoms with Gasteiger partial charge in [0, 0.05) is 30.9 Å². The van der Waals surface area contributed by atoms with Crippen molar-refractivity contribution in [3.63, 3.8) is 0 Å². The highest BCUT2D eigenvalue weighted by Crippen LogP contribution is 2.33. The number of fused-ring (bicyclic) bond motifs is 1. The maximum Gasteiger partial charge on any atom is 0.186 e. The van der Waals surface area contributed by atoms with Crippen LogP contribution in [0.25, 0.3) is 21.5 Å². The number of thiazole rings is 1. The van der Waals surface area contributed by atoms with Crippen LogP contribution in [0.4, 0.5) is 5.13 Å². The monoisotopic (exact) mass is 427 g/mol. The van der Waals surface area contributed by atoms with Crippen molar-refractivity contribution in [2.45, 2.75) is 45.1 Å². The van der Waals surface area contributed by atoms with Crippen LogP contribution < -0.4 is 4.90 Å². The number of halogens is 1. The van der Waals surface area contributed by atoms with Gasteiger partial charge in [0.2, 0.25) is 0 Å². The average Bonchev–Trinajstić information content (AvgIpc) is 3.20. The highest BCUT2D eigenvalue weighted by Gasteiger charge is 2.26. The second-order valence-corrected chi connectivity index (χ2v) is 9.55. The van der Waals surface area contributed by atoms with Gasteiger partial charge in [-0.1, -0.05) is 29.4 Å². The minimum atomic E-state index is 0.544. The van der Waals surface area contributed by atoms with E-state index in [0.29, 0.717) is 5.15 Å². The standard InChI is InChI=1S/C22H26ClN5S/c1-15-11-16(13-25-21(15)23)18-12-20-19(14-24-18)26-22(29-20)28-9-5-17(6-10-28)27-7-3-2-4-8-27/h11-14,17H,2-10H2,1H3. The molecule has 0 spiro atoms. The van der Waals surface area contributed by atoms with Gasteiger partial charge in [0.15, 0.2) is 5.13 Å². The summed E-state index contributed by atoms with van der Waals surface area (Å²) in [5, 5.41) is 1.67. The third kappa shape index (κ3) is 3.98. The first-order valence-corrected chi connectivity index (χ1v) is 11.7. The SMILES string of the molecule is Cc1cc(-c2cc3sc(N4CCC(N5CCCCC5)CC4)nc3cn2)cnc1Cl. The molecule has 0 radical (unpaired) electrons. The molecule has 2 aliphatic heterocycles. The van der Waals surface area contributed by atoms with Crippen molar-refractivity contribution in [3.05, 3.63) is 35.2 Å². The maximum absolute atomic E-state index is 6.06. The number of pyridine rings is 2. The second kappa shape index (κ2) is 8.17. The first-order chi connectivity index (χ1) is 14.2. The Morgan fingerprint density at radius 3 is 2.55 bits per heavy atom. The van der Waals surface area contributed by atoms with Crippen molar-refractivity contribution in [3.8, 4) is 11.3 Å². The van der Waals surface area contributed by atoms with Crippen LogP contribution in [0.5, 0.6) is 0 Å². The van der Waals surface area contributed by atoms with E-state index in [2.05, 4.69) is 25.8 Å². The molecule has 3 aromatic heterocycles. The topological polar surface area (TPSA) is 45.2 Å². The number of aromatic nitrogens is 3. The van der Waals surface area contributed by atoms with Crippen molar-refractivity contribution < 1.29 is 0 Å². The molecule has 5 heterocycles. The Morgan fingerprint density at radius 1 is 1.00 bits per heavy atom. The molecular weight excluding hydrogens is 402 g/mol. The largest absolute Gasteiger partial charge is 0.348 e. The van der Waals surface area contributed by atoms with Gasteiger partial charge >= 0.3 is 0 Å². The lowest BCUT2D eigenvalue weighted by atomic mass is 10.0. The van der Waals surface area contributed by atoms with Gasteiger partial charge in [0.25, 0.3) is 0 Å². The Labute approximate surface area is 180 Å². The summed E-state index contributed by atoms with van der Waals surface area (Å²) in [6, 6.07) is 4.92. The summed E-state index contributed by atoms with van der Waals surface area (Å²) >= 11 is 7.84. The fraction of sp³-hybridized carbons (Fsp3) is 0.500. The van der Waals surface area contributed by atoms with E-state index in [1.165, 1.54) is 49.9 Å². The molecule has 2 aliphatic rings. The second-order valence-electron chi connectivity index (χ2n) is 8.18. The Morgan fingerprint density at radius 2 is 1.79 bits per heavy atom. The Bertz CT molecular complexity index is 1010. The van der Waals surface area contributed by atoms with Crippen LogP contribution in [0, 0.1) is 6.92 Å². The molecule has 0 aliphatic carbocycles. The smallest absolute Gasteiger partial charge is 0.186 e. The van der Waals surface area contributed by atoms with Gasteiger partial charge < -0.3 is 9.80 Å². The Balaban J connectivity index is 1.32. The molecule has 3 aromatic rings. The quantitative estimate of drug-likeness (QED) is 0.539. The van der Waals surface area contributed by atoms with Crippen LogP contribution in [0.1, 0.15) is 37.7 Å². The number of hydrogen-bond acceptors (Lipinski definition) is 6. The number of rotatable bonds is 3. The van der Waals surface area contributed by atoms with Crippen LogP contribution in [-0.2, 0) is 0 Å². The van der Waals surface area contributed by atoms with Gasteiger partial charge in [-0.2, -0.15) is 0 Å². The van der Waals surface area contributed by atoms with Crippen molar-refractivity contribution in [2.75, 3.05) is 31.1 Å². The molecule has 0 atom stereocenters. The lowest BCUT2D eigenvalue weighted by Gasteiger charge is -2.40. The number of hydrogen-bond donors (Lipinski definition) is 0. The molecule has 5 rings (SSSR count). The highest BCUT2D eigenvalue weighted by atomic mass is 35.5. The fourth-order valence-corrected chi connectivity index (χ4v) is 5.65. The molecule has 0 N–H and O–H groups in total. The molecule has 152 valence electrons. The number of nitrogens with zero attached hydrogens (tertiary/aromatic N) is 5. The predicted molar refractivity (Wildman–Crippen MR) is 121 cm³/mol. The third-order valence-corrected chi connectivity index (χ3v) is 7.69. The van der Waals surface area contributed by atoms with E-state index in [0.717, 1.165) is 46.6 Å². The number of piperidine rings is 2. The summed E-state index contributed by atoms with van der Waals surface area (Å²) in [5.41, 5.74) is 3.85. The third-order valence-electron chi connectivity index (χ3n) is 6.22. The average molecular weight is 428 g/mol. The molecule has 7 heteroatoms. The molecule has 5 nitrogen and oxygen atoms in total. The molecule has 2 saturated heterocycles. The molecule has 0 saturated carbocycles. The summed E-state index contributed by atoms with van der Waals surface area (Å²) in [4.78, 5) is 18.9. The van der Waals surface area contributed by atoms with Crippen LogP contribution in [-0.4, -0.2) is 52.1 Å². The number of aryl methyl sites for hydroxylation is 1. The van der Waals surface area contributed by atoms with Gasteiger partial charge in [0.05, 0.1) is 16.6 Å². The van der Waals surface area contributed by atoms with Crippen LogP contribution in [0.2, 0.25) is 5.15 Å². The first kappa shape index (κ1) is 19.2. The van der Waals surface area contributed by atoms with Crippen molar-refractivity contribution in [1.82, 2.24) is 19.9 Å². The van der Waals surface area contributed by atoms with E-state index in [-0.39, 0.29) is 0 Å². The van der Waals surface area contributed by atoms with E-state index in [9.17, 15) is 0 Å². The van der Waals surface area contributed by atoms with E-state index in [4.69, 9.17) is 16.6 Å². The zero-order valence-electron chi connectivity index (χ0n) is 16.8. The molecular formula is C22H26ClN5S. The Hall–Kier alpha value is -1.76. The van der Waals surface area contributed by atoms with Gasteiger partial charge in [-0.25, -0.2) is 9.97 Å². The Kier molecular flexibility index (Phi) is 5.41. The number of anilines is 1. The van der Waals surface area contributed by atoms with E-state index in [1.807, 2.05) is 19.2 Å². The maximum atomic E-state index is 6.06. The lowest BCUT2D eigenvalue weighted by Crippen LogP contribution is -2.46. The van der Waals surface area contributed by atoms with E-state index >= 15 is 0 Å². The van der Waals surface area contributed by atoms with Gasteiger partial charge in [0.1, 0.15) is 10.7 Å². The first-order valence-electron chi connectivity index (χ1n) is 10.6. The minimum Gasteiger partial charge on any atom is -0.348 e. The summed E-state index contributed by atoms with van der Waals surface area (Å²) in [6.45, 7) is 6.75. The number of likely N-dealkylation sites (tertiary alicyclic amines) is 1. The van der Waals surface area contributed by atoms with E-state index < -0.39 is 0 Å². The molecule has 0 aromatic carbocycles. The zero-order chi connectivity index (χ0) is 19.8. The lowest BCUT2D eigenvalue weighted by molar-refractivity contribution is 0.141. The highest BCUT2D eigenvalue weighted by molar-refractivity contribution is 7.22. The fourth-order valence-electron chi connectivity index (χ4n) is 4.52. The summed E-state index contributed by atoms with van der Waals surface area (Å²) in [6.07, 6.45) is 10.3.